The SMILES string of the molecule is Cc1csc(NC(=O)NCC(O)C(=O)O)n1. The molecular weight excluding hydrogens is 234 g/mol. The Kier molecular flexibility index (Phi) is 4.20. The number of carboxylic acid groups (broad SMARTS) is 1. The van der Waals surface area contributed by atoms with Gasteiger partial charge in [0.25, 0.3) is 0 Å². The number of amides is 2. The first-order chi connectivity index (χ1) is 7.49. The molecule has 4 N–H and O–H groups in total. The fourth-order valence-corrected chi connectivity index (χ4v) is 1.51. The van der Waals surface area contributed by atoms with E-state index < -0.39 is 18.1 Å². The first-order valence-corrected chi connectivity index (χ1v) is 5.25. The number of urea groups is 1. The molecule has 0 aliphatic heterocycles. The number of carbonyl (C=O) groups excluding carboxylic acids is 1. The van der Waals surface area contributed by atoms with Crippen LogP contribution in [0.4, 0.5) is 9.93 Å². The molecule has 2 amide bonds. The van der Waals surface area contributed by atoms with Crippen LogP contribution in [0.1, 0.15) is 5.69 Å². The van der Waals surface area contributed by atoms with Crippen LogP contribution in [0.3, 0.4) is 0 Å². The number of aliphatic carboxylic acids is 1. The summed E-state index contributed by atoms with van der Waals surface area (Å²) in [4.78, 5) is 25.4. The second-order valence-corrected chi connectivity index (χ2v) is 3.84. The van der Waals surface area contributed by atoms with E-state index in [1.807, 2.05) is 0 Å². The summed E-state index contributed by atoms with van der Waals surface area (Å²) in [5.74, 6) is -1.38. The van der Waals surface area contributed by atoms with Crippen molar-refractivity contribution >= 4 is 28.5 Å². The van der Waals surface area contributed by atoms with Gasteiger partial charge in [0.05, 0.1) is 12.2 Å². The molecule has 0 aromatic carbocycles. The number of aliphatic hydroxyl groups is 1. The summed E-state index contributed by atoms with van der Waals surface area (Å²) in [5.41, 5.74) is 0.783. The predicted molar refractivity (Wildman–Crippen MR) is 57.5 cm³/mol. The van der Waals surface area contributed by atoms with E-state index in [9.17, 15) is 9.59 Å². The number of thiazole rings is 1. The molecule has 1 rings (SSSR count). The number of aliphatic hydroxyl groups excluding tert-OH is 1. The Hall–Kier alpha value is -1.67. The number of carboxylic acids is 1. The summed E-state index contributed by atoms with van der Waals surface area (Å²) in [7, 11) is 0. The fourth-order valence-electron chi connectivity index (χ4n) is 0.829. The monoisotopic (exact) mass is 245 g/mol. The number of nitrogens with one attached hydrogen (secondary N) is 2. The van der Waals surface area contributed by atoms with Gasteiger partial charge in [0, 0.05) is 5.38 Å². The topological polar surface area (TPSA) is 112 Å². The van der Waals surface area contributed by atoms with E-state index in [1.165, 1.54) is 11.3 Å². The van der Waals surface area contributed by atoms with E-state index in [-0.39, 0.29) is 6.54 Å². The molecule has 88 valence electrons. The maximum absolute atomic E-state index is 11.2. The maximum atomic E-state index is 11.2. The summed E-state index contributed by atoms with van der Waals surface area (Å²) in [6, 6.07) is -0.602. The Morgan fingerprint density at radius 3 is 2.81 bits per heavy atom. The number of aryl methyl sites for hydroxylation is 1. The molecule has 1 heterocycles. The molecule has 0 saturated carbocycles. The van der Waals surface area contributed by atoms with Crippen molar-refractivity contribution in [3.63, 3.8) is 0 Å². The van der Waals surface area contributed by atoms with Crippen molar-refractivity contribution in [3.05, 3.63) is 11.1 Å². The van der Waals surface area contributed by atoms with Gasteiger partial charge in [-0.2, -0.15) is 0 Å². The highest BCUT2D eigenvalue weighted by Crippen LogP contribution is 2.13. The standard InChI is InChI=1S/C8H11N3O4S/c1-4-3-16-8(10-4)11-7(15)9-2-5(12)6(13)14/h3,5,12H,2H2,1H3,(H,13,14)(H2,9,10,11,15). The van der Waals surface area contributed by atoms with Gasteiger partial charge in [0.1, 0.15) is 0 Å². The molecule has 0 aliphatic rings. The lowest BCUT2D eigenvalue weighted by Crippen LogP contribution is -2.38. The van der Waals surface area contributed by atoms with E-state index in [4.69, 9.17) is 10.2 Å². The van der Waals surface area contributed by atoms with Crippen LogP contribution in [0, 0.1) is 6.92 Å². The number of anilines is 1. The molecule has 1 atom stereocenters. The zero-order valence-corrected chi connectivity index (χ0v) is 9.24. The number of carbonyl (C=O) groups is 2. The number of hydrogen-bond donors (Lipinski definition) is 4. The van der Waals surface area contributed by atoms with Gasteiger partial charge < -0.3 is 15.5 Å². The molecule has 1 unspecified atom stereocenters. The third kappa shape index (κ3) is 3.83. The molecule has 8 heteroatoms. The Bertz CT molecular complexity index is 392. The summed E-state index contributed by atoms with van der Waals surface area (Å²) < 4.78 is 0. The van der Waals surface area contributed by atoms with Crippen molar-refractivity contribution in [2.75, 3.05) is 11.9 Å². The van der Waals surface area contributed by atoms with Crippen LogP contribution in [0.25, 0.3) is 0 Å². The maximum Gasteiger partial charge on any atom is 0.334 e. The molecule has 0 saturated heterocycles. The van der Waals surface area contributed by atoms with Crippen molar-refractivity contribution in [3.8, 4) is 0 Å². The molecule has 7 nitrogen and oxygen atoms in total. The van der Waals surface area contributed by atoms with Crippen molar-refractivity contribution in [1.29, 1.82) is 0 Å². The Morgan fingerprint density at radius 1 is 1.62 bits per heavy atom. The molecule has 0 aliphatic carbocycles. The van der Waals surface area contributed by atoms with Crippen LogP contribution in [0.2, 0.25) is 0 Å². The smallest absolute Gasteiger partial charge is 0.334 e. The average molecular weight is 245 g/mol. The van der Waals surface area contributed by atoms with Crippen LogP contribution in [-0.4, -0.2) is 39.8 Å². The third-order valence-electron chi connectivity index (χ3n) is 1.58. The van der Waals surface area contributed by atoms with Crippen LogP contribution < -0.4 is 10.6 Å². The van der Waals surface area contributed by atoms with Crippen molar-refractivity contribution in [1.82, 2.24) is 10.3 Å². The Morgan fingerprint density at radius 2 is 2.31 bits per heavy atom. The second kappa shape index (κ2) is 5.42. The first kappa shape index (κ1) is 12.4. The van der Waals surface area contributed by atoms with E-state index >= 15 is 0 Å². The lowest BCUT2D eigenvalue weighted by Gasteiger charge is -2.07. The highest BCUT2D eigenvalue weighted by Gasteiger charge is 2.14. The number of rotatable bonds is 4. The summed E-state index contributed by atoms with van der Waals surface area (Å²) in [5, 5.41) is 24.0. The third-order valence-corrected chi connectivity index (χ3v) is 2.46. The van der Waals surface area contributed by atoms with E-state index in [0.29, 0.717) is 5.13 Å². The minimum atomic E-state index is -1.61. The van der Waals surface area contributed by atoms with Gasteiger partial charge in [-0.1, -0.05) is 0 Å². The minimum Gasteiger partial charge on any atom is -0.479 e. The second-order valence-electron chi connectivity index (χ2n) is 2.98. The van der Waals surface area contributed by atoms with Gasteiger partial charge in [-0.25, -0.2) is 14.6 Å². The van der Waals surface area contributed by atoms with Gasteiger partial charge in [-0.3, -0.25) is 5.32 Å². The van der Waals surface area contributed by atoms with E-state index in [0.717, 1.165) is 5.69 Å². The summed E-state index contributed by atoms with van der Waals surface area (Å²) >= 11 is 1.26. The normalized spacial score (nSPS) is 11.9. The Balaban J connectivity index is 2.34. The van der Waals surface area contributed by atoms with Gasteiger partial charge in [0.2, 0.25) is 0 Å². The molecule has 0 radical (unpaired) electrons. The summed E-state index contributed by atoms with van der Waals surface area (Å²) in [6.45, 7) is 1.43. The molecule has 0 spiro atoms. The predicted octanol–water partition coefficient (Wildman–Crippen LogP) is 0.0185. The molecule has 1 aromatic rings. The average Bonchev–Trinajstić information content (AvgIpc) is 2.60. The zero-order chi connectivity index (χ0) is 12.1. The van der Waals surface area contributed by atoms with Crippen LogP contribution in [-0.2, 0) is 4.79 Å². The van der Waals surface area contributed by atoms with Crippen LogP contribution in [0.15, 0.2) is 5.38 Å². The van der Waals surface area contributed by atoms with Crippen molar-refractivity contribution in [2.24, 2.45) is 0 Å². The van der Waals surface area contributed by atoms with Crippen LogP contribution >= 0.6 is 11.3 Å². The van der Waals surface area contributed by atoms with E-state index in [2.05, 4.69) is 15.6 Å². The lowest BCUT2D eigenvalue weighted by molar-refractivity contribution is -0.146. The van der Waals surface area contributed by atoms with Crippen LogP contribution in [0.5, 0.6) is 0 Å². The zero-order valence-electron chi connectivity index (χ0n) is 8.43. The van der Waals surface area contributed by atoms with Gasteiger partial charge in [-0.15, -0.1) is 11.3 Å². The van der Waals surface area contributed by atoms with Crippen molar-refractivity contribution in [2.45, 2.75) is 13.0 Å². The van der Waals surface area contributed by atoms with E-state index in [1.54, 1.807) is 12.3 Å². The first-order valence-electron chi connectivity index (χ1n) is 4.37. The Labute approximate surface area is 95.1 Å². The highest BCUT2D eigenvalue weighted by atomic mass is 32.1. The number of nitrogens with zero attached hydrogens (tertiary/aromatic N) is 1. The molecule has 1 aromatic heterocycles. The largest absolute Gasteiger partial charge is 0.479 e. The fraction of sp³-hybridized carbons (Fsp3) is 0.375. The van der Waals surface area contributed by atoms with Gasteiger partial charge in [-0.05, 0) is 6.92 Å². The quantitative estimate of drug-likeness (QED) is 0.597. The van der Waals surface area contributed by atoms with Gasteiger partial charge in [0.15, 0.2) is 11.2 Å². The van der Waals surface area contributed by atoms with Gasteiger partial charge >= 0.3 is 12.0 Å². The molecule has 0 fully saturated rings. The molecule has 0 bridgehead atoms. The highest BCUT2D eigenvalue weighted by molar-refractivity contribution is 7.13. The number of hydrogen-bond acceptors (Lipinski definition) is 5. The van der Waals surface area contributed by atoms with Crippen molar-refractivity contribution < 1.29 is 19.8 Å². The summed E-state index contributed by atoms with van der Waals surface area (Å²) in [6.07, 6.45) is -1.61. The minimum absolute atomic E-state index is 0.356. The lowest BCUT2D eigenvalue weighted by atomic mass is 10.4. The molecule has 16 heavy (non-hydrogen) atoms. The number of aromatic nitrogens is 1. The molecular formula is C8H11N3O4S.